The number of rotatable bonds is 5. The van der Waals surface area contributed by atoms with Gasteiger partial charge in [0.05, 0.1) is 0 Å². The van der Waals surface area contributed by atoms with Crippen molar-refractivity contribution in [3.05, 3.63) is 71.3 Å². The maximum Gasteiger partial charge on any atom is 0.126 e. The summed E-state index contributed by atoms with van der Waals surface area (Å²) in [6.45, 7) is 4.68. The maximum absolute atomic E-state index is 13.2. The molecule has 0 radical (unpaired) electrons. The highest BCUT2D eigenvalue weighted by molar-refractivity contribution is 5.21. The Morgan fingerprint density at radius 2 is 1.55 bits per heavy atom. The molecule has 0 aliphatic carbocycles. The molecule has 0 aliphatic heterocycles. The van der Waals surface area contributed by atoms with Crippen LogP contribution in [0, 0.1) is 17.6 Å². The summed E-state index contributed by atoms with van der Waals surface area (Å²) in [6, 6.07) is 13.8. The zero-order valence-electron chi connectivity index (χ0n) is 11.7. The molecule has 0 saturated carbocycles. The molecule has 3 heteroatoms. The molecule has 2 aromatic rings. The Bertz CT molecular complexity index is 532. The van der Waals surface area contributed by atoms with E-state index in [0.717, 1.165) is 6.07 Å². The average molecular weight is 275 g/mol. The molecule has 1 unspecified atom stereocenters. The first-order valence-corrected chi connectivity index (χ1v) is 6.79. The minimum absolute atomic E-state index is 0.155. The molecule has 2 aromatic carbocycles. The molecule has 0 spiro atoms. The van der Waals surface area contributed by atoms with Crippen molar-refractivity contribution >= 4 is 0 Å². The van der Waals surface area contributed by atoms with E-state index in [2.05, 4.69) is 31.3 Å². The zero-order chi connectivity index (χ0) is 14.5. The molecular formula is C17H19F2N. The number of nitrogens with one attached hydrogen (secondary N) is 1. The third kappa shape index (κ3) is 3.87. The molecule has 1 nitrogen and oxygen atoms in total. The minimum Gasteiger partial charge on any atom is -0.306 e. The van der Waals surface area contributed by atoms with Crippen LogP contribution in [0.5, 0.6) is 0 Å². The van der Waals surface area contributed by atoms with E-state index in [1.54, 1.807) is 0 Å². The average Bonchev–Trinajstić information content (AvgIpc) is 2.38. The van der Waals surface area contributed by atoms with Crippen molar-refractivity contribution < 1.29 is 8.78 Å². The zero-order valence-corrected chi connectivity index (χ0v) is 11.7. The molecular weight excluding hydrogens is 256 g/mol. The summed E-state index contributed by atoms with van der Waals surface area (Å²) in [5, 5.41) is 3.37. The fourth-order valence-corrected chi connectivity index (χ4v) is 2.34. The molecule has 106 valence electrons. The van der Waals surface area contributed by atoms with Crippen molar-refractivity contribution in [1.29, 1.82) is 0 Å². The highest BCUT2D eigenvalue weighted by Gasteiger charge is 2.15. The second-order valence-electron chi connectivity index (χ2n) is 5.29. The smallest absolute Gasteiger partial charge is 0.126 e. The Labute approximate surface area is 118 Å². The van der Waals surface area contributed by atoms with E-state index in [4.69, 9.17) is 0 Å². The van der Waals surface area contributed by atoms with Crippen LogP contribution < -0.4 is 5.32 Å². The van der Waals surface area contributed by atoms with Crippen molar-refractivity contribution in [3.8, 4) is 0 Å². The first-order valence-electron chi connectivity index (χ1n) is 6.79. The Hall–Kier alpha value is -1.74. The normalized spacial score (nSPS) is 12.7. The van der Waals surface area contributed by atoms with Gasteiger partial charge in [0.15, 0.2) is 0 Å². The van der Waals surface area contributed by atoms with E-state index in [1.165, 1.54) is 17.7 Å². The second-order valence-corrected chi connectivity index (χ2v) is 5.29. The van der Waals surface area contributed by atoms with Crippen LogP contribution in [-0.2, 0) is 6.54 Å². The third-order valence-electron chi connectivity index (χ3n) is 3.27. The van der Waals surface area contributed by atoms with E-state index in [1.807, 2.05) is 18.2 Å². The van der Waals surface area contributed by atoms with Gasteiger partial charge in [-0.1, -0.05) is 44.2 Å². The van der Waals surface area contributed by atoms with E-state index in [-0.39, 0.29) is 6.04 Å². The van der Waals surface area contributed by atoms with Crippen molar-refractivity contribution in [3.63, 3.8) is 0 Å². The van der Waals surface area contributed by atoms with Gasteiger partial charge in [-0.15, -0.1) is 0 Å². The largest absolute Gasteiger partial charge is 0.306 e. The molecule has 0 bridgehead atoms. The lowest BCUT2D eigenvalue weighted by Gasteiger charge is -2.23. The molecule has 0 fully saturated rings. The van der Waals surface area contributed by atoms with Gasteiger partial charge in [0.25, 0.3) is 0 Å². The van der Waals surface area contributed by atoms with Crippen LogP contribution in [0.2, 0.25) is 0 Å². The standard InChI is InChI=1S/C17H19F2N/c1-12(2)17(14-6-4-3-5-7-14)20-11-13-8-15(18)10-16(19)9-13/h3-10,12,17,20H,11H2,1-2H3. The second kappa shape index (κ2) is 6.62. The lowest BCUT2D eigenvalue weighted by atomic mass is 9.96. The van der Waals surface area contributed by atoms with Crippen LogP contribution in [0.3, 0.4) is 0 Å². The number of benzene rings is 2. The molecule has 0 heterocycles. The van der Waals surface area contributed by atoms with Crippen LogP contribution in [0.1, 0.15) is 31.0 Å². The lowest BCUT2D eigenvalue weighted by molar-refractivity contribution is 0.409. The molecule has 1 N–H and O–H groups in total. The summed E-state index contributed by atoms with van der Waals surface area (Å²) in [5.74, 6) is -0.693. The first kappa shape index (κ1) is 14.7. The number of hydrogen-bond acceptors (Lipinski definition) is 1. The molecule has 0 aliphatic rings. The van der Waals surface area contributed by atoms with Crippen LogP contribution in [0.4, 0.5) is 8.78 Å². The van der Waals surface area contributed by atoms with Gasteiger partial charge in [0.2, 0.25) is 0 Å². The Kier molecular flexibility index (Phi) is 4.85. The third-order valence-corrected chi connectivity index (χ3v) is 3.27. The molecule has 0 aromatic heterocycles. The van der Waals surface area contributed by atoms with Crippen LogP contribution in [-0.4, -0.2) is 0 Å². The minimum atomic E-state index is -0.539. The fourth-order valence-electron chi connectivity index (χ4n) is 2.34. The van der Waals surface area contributed by atoms with Crippen molar-refractivity contribution in [2.45, 2.75) is 26.4 Å². The number of halogens is 2. The fraction of sp³-hybridized carbons (Fsp3) is 0.294. The summed E-state index contributed by atoms with van der Waals surface area (Å²) >= 11 is 0. The first-order chi connectivity index (χ1) is 9.56. The van der Waals surface area contributed by atoms with Gasteiger partial charge in [-0.2, -0.15) is 0 Å². The molecule has 0 amide bonds. The van der Waals surface area contributed by atoms with Crippen LogP contribution >= 0.6 is 0 Å². The summed E-state index contributed by atoms with van der Waals surface area (Å²) in [4.78, 5) is 0. The SMILES string of the molecule is CC(C)C(NCc1cc(F)cc(F)c1)c1ccccc1. The van der Waals surface area contributed by atoms with Gasteiger partial charge in [-0.25, -0.2) is 8.78 Å². The monoisotopic (exact) mass is 275 g/mol. The van der Waals surface area contributed by atoms with Crippen LogP contribution in [0.15, 0.2) is 48.5 Å². The predicted octanol–water partition coefficient (Wildman–Crippen LogP) is 4.45. The topological polar surface area (TPSA) is 12.0 Å². The Morgan fingerprint density at radius 3 is 2.10 bits per heavy atom. The summed E-state index contributed by atoms with van der Waals surface area (Å²) in [5.41, 5.74) is 1.79. The maximum atomic E-state index is 13.2. The van der Waals surface area contributed by atoms with Gasteiger partial charge >= 0.3 is 0 Å². The lowest BCUT2D eigenvalue weighted by Crippen LogP contribution is -2.25. The van der Waals surface area contributed by atoms with Crippen molar-refractivity contribution in [1.82, 2.24) is 5.32 Å². The quantitative estimate of drug-likeness (QED) is 0.850. The molecule has 0 saturated heterocycles. The van der Waals surface area contributed by atoms with Gasteiger partial charge in [0, 0.05) is 18.7 Å². The molecule has 20 heavy (non-hydrogen) atoms. The molecule has 2 rings (SSSR count). The molecule has 1 atom stereocenters. The highest BCUT2D eigenvalue weighted by atomic mass is 19.1. The van der Waals surface area contributed by atoms with Gasteiger partial charge in [0.1, 0.15) is 11.6 Å². The van der Waals surface area contributed by atoms with E-state index in [9.17, 15) is 8.78 Å². The van der Waals surface area contributed by atoms with Crippen LogP contribution in [0.25, 0.3) is 0 Å². The van der Waals surface area contributed by atoms with E-state index in [0.29, 0.717) is 18.0 Å². The van der Waals surface area contributed by atoms with Gasteiger partial charge in [-0.05, 0) is 29.2 Å². The Morgan fingerprint density at radius 1 is 0.950 bits per heavy atom. The van der Waals surface area contributed by atoms with Crippen molar-refractivity contribution in [2.24, 2.45) is 5.92 Å². The summed E-state index contributed by atoms with van der Waals surface area (Å²) < 4.78 is 26.3. The highest BCUT2D eigenvalue weighted by Crippen LogP contribution is 2.22. The van der Waals surface area contributed by atoms with Crippen molar-refractivity contribution in [2.75, 3.05) is 0 Å². The number of hydrogen-bond donors (Lipinski definition) is 1. The predicted molar refractivity (Wildman–Crippen MR) is 77.2 cm³/mol. The van der Waals surface area contributed by atoms with Gasteiger partial charge < -0.3 is 5.32 Å². The van der Waals surface area contributed by atoms with E-state index >= 15 is 0 Å². The summed E-state index contributed by atoms with van der Waals surface area (Å²) in [6.07, 6.45) is 0. The summed E-state index contributed by atoms with van der Waals surface area (Å²) in [7, 11) is 0. The Balaban J connectivity index is 2.10. The van der Waals surface area contributed by atoms with E-state index < -0.39 is 11.6 Å². The van der Waals surface area contributed by atoms with Gasteiger partial charge in [-0.3, -0.25) is 0 Å².